The van der Waals surface area contributed by atoms with Crippen LogP contribution in [0.2, 0.25) is 0 Å². The molecule has 12 heavy (non-hydrogen) atoms. The molecule has 0 aromatic rings. The van der Waals surface area contributed by atoms with Crippen molar-refractivity contribution >= 4 is 46.6 Å². The van der Waals surface area contributed by atoms with Crippen LogP contribution in [0.3, 0.4) is 0 Å². The van der Waals surface area contributed by atoms with Crippen LogP contribution in [-0.4, -0.2) is 27.1 Å². The molecule has 2 amide bonds. The minimum absolute atomic E-state index is 0.157. The molecule has 1 fully saturated rings. The molecule has 0 spiro atoms. The SMILES string of the molecule is O=C1CCC(=O)N1CC(Cl)(Cl)Cl. The molecule has 3 nitrogen and oxygen atoms in total. The van der Waals surface area contributed by atoms with E-state index in [0.717, 1.165) is 4.90 Å². The summed E-state index contributed by atoms with van der Waals surface area (Å²) in [5.74, 6) is -0.544. The zero-order valence-electron chi connectivity index (χ0n) is 6.02. The van der Waals surface area contributed by atoms with Crippen molar-refractivity contribution in [1.29, 1.82) is 0 Å². The van der Waals surface area contributed by atoms with E-state index in [2.05, 4.69) is 0 Å². The molecule has 0 bridgehead atoms. The van der Waals surface area contributed by atoms with Gasteiger partial charge in [0.2, 0.25) is 15.6 Å². The van der Waals surface area contributed by atoms with E-state index < -0.39 is 3.79 Å². The highest BCUT2D eigenvalue weighted by atomic mass is 35.6. The molecular weight excluding hydrogens is 224 g/mol. The van der Waals surface area contributed by atoms with Gasteiger partial charge in [0.15, 0.2) is 0 Å². The molecule has 0 radical (unpaired) electrons. The van der Waals surface area contributed by atoms with E-state index in [1.165, 1.54) is 0 Å². The van der Waals surface area contributed by atoms with E-state index in [-0.39, 0.29) is 31.2 Å². The van der Waals surface area contributed by atoms with E-state index in [0.29, 0.717) is 0 Å². The van der Waals surface area contributed by atoms with Crippen LogP contribution < -0.4 is 0 Å². The largest absolute Gasteiger partial charge is 0.278 e. The predicted molar refractivity (Wildman–Crippen MR) is 46.2 cm³/mol. The molecule has 0 aromatic carbocycles. The van der Waals surface area contributed by atoms with Crippen molar-refractivity contribution < 1.29 is 9.59 Å². The lowest BCUT2D eigenvalue weighted by Gasteiger charge is -2.18. The molecule has 0 atom stereocenters. The van der Waals surface area contributed by atoms with Crippen molar-refractivity contribution in [2.24, 2.45) is 0 Å². The second kappa shape index (κ2) is 3.40. The molecule has 6 heteroatoms. The summed E-state index contributed by atoms with van der Waals surface area (Å²) in [5, 5.41) is 0. The van der Waals surface area contributed by atoms with Gasteiger partial charge in [0, 0.05) is 12.8 Å². The first-order valence-corrected chi connectivity index (χ1v) is 4.43. The van der Waals surface area contributed by atoms with Crippen LogP contribution in [0.4, 0.5) is 0 Å². The summed E-state index contributed by atoms with van der Waals surface area (Å²) in [6.45, 7) is -0.157. The average Bonchev–Trinajstić information content (AvgIpc) is 2.16. The van der Waals surface area contributed by atoms with Crippen LogP contribution in [0.25, 0.3) is 0 Å². The molecule has 1 aliphatic rings. The fourth-order valence-electron chi connectivity index (χ4n) is 0.979. The maximum absolute atomic E-state index is 11.0. The highest BCUT2D eigenvalue weighted by Crippen LogP contribution is 2.29. The van der Waals surface area contributed by atoms with Crippen molar-refractivity contribution in [1.82, 2.24) is 4.90 Å². The van der Waals surface area contributed by atoms with Gasteiger partial charge in [0.1, 0.15) is 0 Å². The first kappa shape index (κ1) is 10.1. The summed E-state index contributed by atoms with van der Waals surface area (Å²) in [6.07, 6.45) is 0.444. The second-order valence-electron chi connectivity index (χ2n) is 2.49. The van der Waals surface area contributed by atoms with Crippen LogP contribution in [0.1, 0.15) is 12.8 Å². The second-order valence-corrected chi connectivity index (χ2v) is 5.00. The fourth-order valence-corrected chi connectivity index (χ4v) is 1.34. The third kappa shape index (κ3) is 2.51. The summed E-state index contributed by atoms with van der Waals surface area (Å²) >= 11 is 16.3. The van der Waals surface area contributed by atoms with Gasteiger partial charge in [-0.1, -0.05) is 34.8 Å². The van der Waals surface area contributed by atoms with E-state index >= 15 is 0 Å². The highest BCUT2D eigenvalue weighted by Gasteiger charge is 2.35. The normalized spacial score (nSPS) is 19.1. The zero-order chi connectivity index (χ0) is 9.35. The molecule has 0 aliphatic carbocycles. The molecule has 1 aliphatic heterocycles. The summed E-state index contributed by atoms with van der Waals surface area (Å²) in [5.41, 5.74) is 0. The molecule has 68 valence electrons. The summed E-state index contributed by atoms with van der Waals surface area (Å²) in [4.78, 5) is 23.0. The lowest BCUT2D eigenvalue weighted by atomic mass is 10.4. The molecule has 0 aromatic heterocycles. The van der Waals surface area contributed by atoms with Gasteiger partial charge in [-0.3, -0.25) is 14.5 Å². The maximum Gasteiger partial charge on any atom is 0.229 e. The van der Waals surface area contributed by atoms with E-state index in [1.807, 2.05) is 0 Å². The Balaban J connectivity index is 2.62. The van der Waals surface area contributed by atoms with E-state index in [1.54, 1.807) is 0 Å². The van der Waals surface area contributed by atoms with Gasteiger partial charge in [-0.05, 0) is 0 Å². The summed E-state index contributed by atoms with van der Waals surface area (Å²) < 4.78 is -1.57. The number of likely N-dealkylation sites (tertiary alicyclic amines) is 1. The summed E-state index contributed by atoms with van der Waals surface area (Å²) in [7, 11) is 0. The molecule has 0 unspecified atom stereocenters. The zero-order valence-corrected chi connectivity index (χ0v) is 8.29. The number of amides is 2. The standard InChI is InChI=1S/C6H6Cl3NO2/c7-6(8,9)3-10-4(11)1-2-5(10)12/h1-3H2. The predicted octanol–water partition coefficient (Wildman–Crippen LogP) is 1.51. The van der Waals surface area contributed by atoms with Crippen molar-refractivity contribution in [3.63, 3.8) is 0 Å². The van der Waals surface area contributed by atoms with Crippen molar-refractivity contribution in [2.45, 2.75) is 16.6 Å². The number of carbonyl (C=O) groups excluding carboxylic acids is 2. The van der Waals surface area contributed by atoms with Crippen LogP contribution in [-0.2, 0) is 9.59 Å². The molecule has 1 heterocycles. The Kier molecular flexibility index (Phi) is 2.86. The smallest absolute Gasteiger partial charge is 0.229 e. The number of hydrogen-bond donors (Lipinski definition) is 0. The highest BCUT2D eigenvalue weighted by molar-refractivity contribution is 6.67. The number of alkyl halides is 3. The Labute approximate surface area is 84.6 Å². The van der Waals surface area contributed by atoms with Gasteiger partial charge >= 0.3 is 0 Å². The minimum Gasteiger partial charge on any atom is -0.278 e. The van der Waals surface area contributed by atoms with Gasteiger partial charge in [0.25, 0.3) is 0 Å². The number of rotatable bonds is 1. The number of halogens is 3. The monoisotopic (exact) mass is 229 g/mol. The van der Waals surface area contributed by atoms with Crippen LogP contribution >= 0.6 is 34.8 Å². The first-order chi connectivity index (χ1) is 5.40. The Morgan fingerprint density at radius 1 is 1.17 bits per heavy atom. The van der Waals surface area contributed by atoms with Crippen LogP contribution in [0, 0.1) is 0 Å². The topological polar surface area (TPSA) is 37.4 Å². The van der Waals surface area contributed by atoms with Crippen molar-refractivity contribution in [3.05, 3.63) is 0 Å². The van der Waals surface area contributed by atoms with Gasteiger partial charge in [-0.25, -0.2) is 0 Å². The van der Waals surface area contributed by atoms with Crippen molar-refractivity contribution in [3.8, 4) is 0 Å². The van der Waals surface area contributed by atoms with Gasteiger partial charge in [-0.2, -0.15) is 0 Å². The number of nitrogens with zero attached hydrogens (tertiary/aromatic N) is 1. The Morgan fingerprint density at radius 3 is 1.92 bits per heavy atom. The number of carbonyl (C=O) groups is 2. The lowest BCUT2D eigenvalue weighted by Crippen LogP contribution is -2.36. The van der Waals surface area contributed by atoms with E-state index in [9.17, 15) is 9.59 Å². The average molecular weight is 230 g/mol. The Bertz CT molecular complexity index is 207. The van der Waals surface area contributed by atoms with Crippen molar-refractivity contribution in [2.75, 3.05) is 6.54 Å². The number of hydrogen-bond acceptors (Lipinski definition) is 2. The third-order valence-electron chi connectivity index (χ3n) is 1.49. The Morgan fingerprint density at radius 2 is 1.58 bits per heavy atom. The van der Waals surface area contributed by atoms with Crippen LogP contribution in [0.5, 0.6) is 0 Å². The first-order valence-electron chi connectivity index (χ1n) is 3.30. The fraction of sp³-hybridized carbons (Fsp3) is 0.667. The number of imide groups is 1. The van der Waals surface area contributed by atoms with Gasteiger partial charge < -0.3 is 0 Å². The third-order valence-corrected chi connectivity index (χ3v) is 1.85. The molecular formula is C6H6Cl3NO2. The molecule has 0 N–H and O–H groups in total. The summed E-state index contributed by atoms with van der Waals surface area (Å²) in [6, 6.07) is 0. The lowest BCUT2D eigenvalue weighted by molar-refractivity contribution is -0.138. The minimum atomic E-state index is -1.57. The van der Waals surface area contributed by atoms with Gasteiger partial charge in [0.05, 0.1) is 6.54 Å². The van der Waals surface area contributed by atoms with Crippen LogP contribution in [0.15, 0.2) is 0 Å². The quantitative estimate of drug-likeness (QED) is 0.506. The maximum atomic E-state index is 11.0. The Hall–Kier alpha value is 0.01000. The molecule has 0 saturated carbocycles. The van der Waals surface area contributed by atoms with E-state index in [4.69, 9.17) is 34.8 Å². The molecule has 1 rings (SSSR count). The molecule has 1 saturated heterocycles. The van der Waals surface area contributed by atoms with Gasteiger partial charge in [-0.15, -0.1) is 0 Å².